The van der Waals surface area contributed by atoms with Gasteiger partial charge in [0.05, 0.1) is 0 Å². The summed E-state index contributed by atoms with van der Waals surface area (Å²) in [5.74, 6) is -0.954. The summed E-state index contributed by atoms with van der Waals surface area (Å²) in [4.78, 5) is 37.9. The highest BCUT2D eigenvalue weighted by molar-refractivity contribution is 5.71. The van der Waals surface area contributed by atoms with E-state index >= 15 is 0 Å². The second-order valence-electron chi connectivity index (χ2n) is 17.1. The molecule has 0 saturated carbocycles. The molecule has 0 aliphatic rings. The van der Waals surface area contributed by atoms with Crippen LogP contribution in [0.25, 0.3) is 0 Å². The van der Waals surface area contributed by atoms with Gasteiger partial charge in [0.1, 0.15) is 13.2 Å². The zero-order valence-corrected chi connectivity index (χ0v) is 41.1. The first kappa shape index (κ1) is 59.6. The zero-order valence-electron chi connectivity index (χ0n) is 41.1. The first-order valence-corrected chi connectivity index (χ1v) is 26.1. The molecule has 0 amide bonds. The fraction of sp³-hybridized carbons (Fsp3) is 0.702. The molecule has 1 atom stereocenters. The van der Waals surface area contributed by atoms with Crippen LogP contribution in [-0.4, -0.2) is 37.2 Å². The maximum atomic E-state index is 12.8. The number of carbonyl (C=O) groups excluding carboxylic acids is 3. The van der Waals surface area contributed by atoms with Gasteiger partial charge in [-0.05, 0) is 116 Å². The maximum absolute atomic E-state index is 12.8. The summed E-state index contributed by atoms with van der Waals surface area (Å²) in [7, 11) is 0. The van der Waals surface area contributed by atoms with Crippen molar-refractivity contribution in [3.63, 3.8) is 0 Å². The number of unbranched alkanes of at least 4 members (excludes halogenated alkanes) is 21. The van der Waals surface area contributed by atoms with Gasteiger partial charge < -0.3 is 14.2 Å². The highest BCUT2D eigenvalue weighted by Crippen LogP contribution is 2.13. The van der Waals surface area contributed by atoms with Crippen LogP contribution < -0.4 is 0 Å². The Balaban J connectivity index is 4.46. The molecular formula is C57H96O6. The monoisotopic (exact) mass is 877 g/mol. The van der Waals surface area contributed by atoms with Gasteiger partial charge in [0.25, 0.3) is 0 Å². The minimum Gasteiger partial charge on any atom is -0.462 e. The van der Waals surface area contributed by atoms with Crippen LogP contribution in [0.2, 0.25) is 0 Å². The summed E-state index contributed by atoms with van der Waals surface area (Å²) < 4.78 is 16.7. The predicted molar refractivity (Wildman–Crippen MR) is 270 cm³/mol. The van der Waals surface area contributed by atoms with E-state index in [0.29, 0.717) is 19.3 Å². The Morgan fingerprint density at radius 2 is 0.587 bits per heavy atom. The minimum atomic E-state index is -0.800. The molecule has 0 aromatic rings. The van der Waals surface area contributed by atoms with Crippen molar-refractivity contribution in [2.75, 3.05) is 13.2 Å². The van der Waals surface area contributed by atoms with Gasteiger partial charge in [-0.1, -0.05) is 189 Å². The molecule has 0 heterocycles. The lowest BCUT2D eigenvalue weighted by atomic mass is 10.1. The van der Waals surface area contributed by atoms with Crippen LogP contribution in [0.4, 0.5) is 0 Å². The van der Waals surface area contributed by atoms with Crippen molar-refractivity contribution in [1.82, 2.24) is 0 Å². The molecule has 6 heteroatoms. The van der Waals surface area contributed by atoms with Crippen LogP contribution in [-0.2, 0) is 28.6 Å². The van der Waals surface area contributed by atoms with Crippen molar-refractivity contribution < 1.29 is 28.6 Å². The maximum Gasteiger partial charge on any atom is 0.306 e. The second-order valence-corrected chi connectivity index (χ2v) is 17.1. The smallest absolute Gasteiger partial charge is 0.306 e. The summed E-state index contributed by atoms with van der Waals surface area (Å²) in [6, 6.07) is 0. The van der Waals surface area contributed by atoms with Crippen molar-refractivity contribution in [2.45, 2.75) is 245 Å². The average molecular weight is 877 g/mol. The lowest BCUT2D eigenvalue weighted by molar-refractivity contribution is -0.167. The highest BCUT2D eigenvalue weighted by Gasteiger charge is 2.19. The molecule has 0 radical (unpaired) electrons. The number of hydrogen-bond acceptors (Lipinski definition) is 6. The fourth-order valence-corrected chi connectivity index (χ4v) is 6.85. The molecule has 0 aromatic heterocycles. The fourth-order valence-electron chi connectivity index (χ4n) is 6.85. The number of hydrogen-bond donors (Lipinski definition) is 0. The molecular weight excluding hydrogens is 781 g/mol. The topological polar surface area (TPSA) is 78.9 Å². The minimum absolute atomic E-state index is 0.0978. The van der Waals surface area contributed by atoms with E-state index in [1.165, 1.54) is 77.0 Å². The zero-order chi connectivity index (χ0) is 45.8. The highest BCUT2D eigenvalue weighted by atomic mass is 16.6. The number of carbonyl (C=O) groups is 3. The lowest BCUT2D eigenvalue weighted by Gasteiger charge is -2.18. The molecule has 0 aliphatic heterocycles. The molecule has 0 aromatic carbocycles. The molecule has 6 nitrogen and oxygen atoms in total. The van der Waals surface area contributed by atoms with Crippen LogP contribution in [0.5, 0.6) is 0 Å². The third-order valence-corrected chi connectivity index (χ3v) is 10.8. The Kier molecular flexibility index (Phi) is 48.5. The number of allylic oxidation sites excluding steroid dienone is 14. The van der Waals surface area contributed by atoms with Gasteiger partial charge in [0.15, 0.2) is 6.10 Å². The van der Waals surface area contributed by atoms with E-state index in [4.69, 9.17) is 14.2 Å². The van der Waals surface area contributed by atoms with Crippen molar-refractivity contribution >= 4 is 17.9 Å². The van der Waals surface area contributed by atoms with Gasteiger partial charge in [-0.15, -0.1) is 0 Å². The third kappa shape index (κ3) is 49.5. The van der Waals surface area contributed by atoms with E-state index in [1.54, 1.807) is 0 Å². The van der Waals surface area contributed by atoms with Crippen LogP contribution in [0.1, 0.15) is 239 Å². The SMILES string of the molecule is CCCC/C=C\CCCCCCCC(=O)OC[C@H](COC(=O)CCCCC/C=C\C/C=C\C/C=C\C/C=C\CCCCC)OC(=O)CCCCCCC/C=C\C/C=C\CCCCC. The molecule has 0 N–H and O–H groups in total. The number of ether oxygens (including phenoxy) is 3. The molecule has 0 bridgehead atoms. The number of esters is 3. The van der Waals surface area contributed by atoms with E-state index in [1.807, 2.05) is 0 Å². The third-order valence-electron chi connectivity index (χ3n) is 10.8. The Hall–Kier alpha value is -3.41. The average Bonchev–Trinajstić information content (AvgIpc) is 3.28. The van der Waals surface area contributed by atoms with Gasteiger partial charge in [0, 0.05) is 19.3 Å². The summed E-state index contributed by atoms with van der Waals surface area (Å²) in [5, 5.41) is 0. The molecule has 0 rings (SSSR count). The first-order chi connectivity index (χ1) is 31.0. The Labute approximate surface area is 388 Å². The molecule has 63 heavy (non-hydrogen) atoms. The molecule has 0 spiro atoms. The van der Waals surface area contributed by atoms with Gasteiger partial charge in [-0.2, -0.15) is 0 Å². The van der Waals surface area contributed by atoms with Crippen LogP contribution in [0.3, 0.4) is 0 Å². The second kappa shape index (κ2) is 51.2. The summed E-state index contributed by atoms with van der Waals surface area (Å²) >= 11 is 0. The van der Waals surface area contributed by atoms with Crippen molar-refractivity contribution in [3.8, 4) is 0 Å². The molecule has 360 valence electrons. The molecule has 0 unspecified atom stereocenters. The van der Waals surface area contributed by atoms with E-state index in [0.717, 1.165) is 122 Å². The van der Waals surface area contributed by atoms with Crippen LogP contribution in [0, 0.1) is 0 Å². The summed E-state index contributed by atoms with van der Waals surface area (Å²) in [6.07, 6.45) is 65.6. The number of rotatable bonds is 46. The van der Waals surface area contributed by atoms with Gasteiger partial charge in [-0.3, -0.25) is 14.4 Å². The van der Waals surface area contributed by atoms with Gasteiger partial charge >= 0.3 is 17.9 Å². The first-order valence-electron chi connectivity index (χ1n) is 26.1. The van der Waals surface area contributed by atoms with E-state index in [2.05, 4.69) is 106 Å². The van der Waals surface area contributed by atoms with Crippen molar-refractivity contribution in [3.05, 3.63) is 85.1 Å². The van der Waals surface area contributed by atoms with Gasteiger partial charge in [-0.25, -0.2) is 0 Å². The largest absolute Gasteiger partial charge is 0.462 e. The Morgan fingerprint density at radius 3 is 0.968 bits per heavy atom. The standard InChI is InChI=1S/C57H96O6/c1-4-7-10-13-16-19-22-24-26-27-28-29-31-32-35-38-41-44-47-50-56(59)62-53-54(52-61-55(58)49-46-43-40-37-34-21-18-15-12-9-6-3)63-57(60)51-48-45-42-39-36-33-30-25-23-20-17-14-11-8-5-2/h15-20,24-26,28-30,32,35,54H,4-14,21-23,27,31,33-34,36-53H2,1-3H3/b18-15-,19-16-,20-17-,26-24-,29-28-,30-25-,35-32-/t54-/m1/s1. The van der Waals surface area contributed by atoms with Crippen LogP contribution in [0.15, 0.2) is 85.1 Å². The predicted octanol–water partition coefficient (Wildman–Crippen LogP) is 17.2. The van der Waals surface area contributed by atoms with E-state index in [-0.39, 0.29) is 31.1 Å². The molecule has 0 saturated heterocycles. The van der Waals surface area contributed by atoms with Crippen LogP contribution >= 0.6 is 0 Å². The van der Waals surface area contributed by atoms with Gasteiger partial charge in [0.2, 0.25) is 0 Å². The van der Waals surface area contributed by atoms with E-state index < -0.39 is 6.10 Å². The van der Waals surface area contributed by atoms with Crippen molar-refractivity contribution in [1.29, 1.82) is 0 Å². The Morgan fingerprint density at radius 1 is 0.317 bits per heavy atom. The lowest BCUT2D eigenvalue weighted by Crippen LogP contribution is -2.30. The summed E-state index contributed by atoms with van der Waals surface area (Å²) in [6.45, 7) is 6.49. The Bertz CT molecular complexity index is 1240. The normalized spacial score (nSPS) is 12.7. The quantitative estimate of drug-likeness (QED) is 0.0262. The van der Waals surface area contributed by atoms with Crippen molar-refractivity contribution in [2.24, 2.45) is 0 Å². The van der Waals surface area contributed by atoms with E-state index in [9.17, 15) is 14.4 Å². The summed E-state index contributed by atoms with van der Waals surface area (Å²) in [5.41, 5.74) is 0. The molecule has 0 fully saturated rings. The molecule has 0 aliphatic carbocycles.